The number of aryl methyl sites for hydroxylation is 2. The van der Waals surface area contributed by atoms with Crippen LogP contribution in [-0.2, 0) is 0 Å². The average molecular weight is 722 g/mol. The van der Waals surface area contributed by atoms with Crippen LogP contribution in [0.15, 0.2) is 176 Å². The number of para-hydroxylation sites is 1. The Morgan fingerprint density at radius 2 is 0.789 bits per heavy atom. The molecule has 1 heteroatoms. The molecule has 0 amide bonds. The third-order valence-electron chi connectivity index (χ3n) is 12.8. The quantitative estimate of drug-likeness (QED) is 0.160. The Bertz CT molecular complexity index is 3670. The van der Waals surface area contributed by atoms with Crippen molar-refractivity contribution in [3.63, 3.8) is 0 Å². The van der Waals surface area contributed by atoms with Crippen LogP contribution < -0.4 is 0 Å². The van der Waals surface area contributed by atoms with Gasteiger partial charge in [-0.1, -0.05) is 127 Å². The number of hydrogen-bond acceptors (Lipinski definition) is 0. The van der Waals surface area contributed by atoms with Crippen LogP contribution in [0.5, 0.6) is 0 Å². The molecule has 0 saturated carbocycles. The highest BCUT2D eigenvalue weighted by molar-refractivity contribution is 6.27. The van der Waals surface area contributed by atoms with E-state index in [1.807, 2.05) is 0 Å². The van der Waals surface area contributed by atoms with Gasteiger partial charge in [0.25, 0.3) is 0 Å². The van der Waals surface area contributed by atoms with Crippen LogP contribution in [0.25, 0.3) is 125 Å². The van der Waals surface area contributed by atoms with Gasteiger partial charge in [-0.2, -0.15) is 0 Å². The summed E-state index contributed by atoms with van der Waals surface area (Å²) in [6.45, 7) is 4.38. The van der Waals surface area contributed by atoms with Crippen LogP contribution >= 0.6 is 0 Å². The summed E-state index contributed by atoms with van der Waals surface area (Å²) < 4.78 is 2.46. The van der Waals surface area contributed by atoms with Gasteiger partial charge in [-0.15, -0.1) is 0 Å². The van der Waals surface area contributed by atoms with Crippen LogP contribution in [0, 0.1) is 13.8 Å². The van der Waals surface area contributed by atoms with Crippen molar-refractivity contribution in [3.05, 3.63) is 187 Å². The summed E-state index contributed by atoms with van der Waals surface area (Å²) >= 11 is 0. The highest BCUT2D eigenvalue weighted by Crippen LogP contribution is 2.44. The maximum atomic E-state index is 2.46. The van der Waals surface area contributed by atoms with E-state index in [1.54, 1.807) is 0 Å². The fraction of sp³-hybridized carbons (Fsp3) is 0.0357. The van der Waals surface area contributed by atoms with Crippen molar-refractivity contribution in [2.75, 3.05) is 0 Å². The van der Waals surface area contributed by atoms with E-state index in [-0.39, 0.29) is 0 Å². The lowest BCUT2D eigenvalue weighted by Crippen LogP contribution is -1.93. The summed E-state index contributed by atoms with van der Waals surface area (Å²) in [5.74, 6) is 0. The summed E-state index contributed by atoms with van der Waals surface area (Å²) in [6, 6.07) is 66.7. The second-order valence-corrected chi connectivity index (χ2v) is 16.3. The molecule has 0 fully saturated rings. The zero-order valence-electron chi connectivity index (χ0n) is 31.7. The standard InChI is InChI=1S/C56H35N/c1-32-23-35-11-15-39-27-43(28-40-16-12-36(24-32)52(35)54(39)40)34-19-20-49-51(31-34)57(45-7-4-3-5-8-45)50-22-21-47-46(9-6-10-48(47)56(49)50)44-29-41-17-13-37-25-33(2)26-38-14-18-42(30-44)55(41)53(37)38/h3-31H,1-2H3. The van der Waals surface area contributed by atoms with Gasteiger partial charge in [-0.3, -0.25) is 0 Å². The summed E-state index contributed by atoms with van der Waals surface area (Å²) in [6.07, 6.45) is 0. The smallest absolute Gasteiger partial charge is 0.0547 e. The second-order valence-electron chi connectivity index (χ2n) is 16.3. The Balaban J connectivity index is 1.04. The summed E-state index contributed by atoms with van der Waals surface area (Å²) in [5.41, 5.74) is 11.2. The van der Waals surface area contributed by atoms with Crippen molar-refractivity contribution in [2.24, 2.45) is 0 Å². The minimum absolute atomic E-state index is 1.16. The fourth-order valence-corrected chi connectivity index (χ4v) is 10.5. The molecule has 0 aliphatic carbocycles. The molecule has 13 aromatic rings. The lowest BCUT2D eigenvalue weighted by molar-refractivity contribution is 1.18. The number of benzene rings is 12. The minimum atomic E-state index is 1.16. The maximum Gasteiger partial charge on any atom is 0.0547 e. The van der Waals surface area contributed by atoms with Gasteiger partial charge in [0.2, 0.25) is 0 Å². The molecular formula is C56H35N. The molecule has 13 rings (SSSR count). The molecule has 0 aliphatic heterocycles. The van der Waals surface area contributed by atoms with Gasteiger partial charge in [-0.25, -0.2) is 0 Å². The van der Waals surface area contributed by atoms with Gasteiger partial charge in [0.1, 0.15) is 0 Å². The minimum Gasteiger partial charge on any atom is -0.309 e. The molecular weight excluding hydrogens is 687 g/mol. The molecule has 0 saturated heterocycles. The monoisotopic (exact) mass is 721 g/mol. The zero-order valence-corrected chi connectivity index (χ0v) is 31.7. The predicted molar refractivity (Wildman–Crippen MR) is 246 cm³/mol. The topological polar surface area (TPSA) is 4.93 Å². The highest BCUT2D eigenvalue weighted by atomic mass is 15.0. The van der Waals surface area contributed by atoms with Crippen molar-refractivity contribution in [1.29, 1.82) is 0 Å². The van der Waals surface area contributed by atoms with Gasteiger partial charge in [0, 0.05) is 16.5 Å². The van der Waals surface area contributed by atoms with E-state index in [9.17, 15) is 0 Å². The van der Waals surface area contributed by atoms with Gasteiger partial charge in [0.15, 0.2) is 0 Å². The van der Waals surface area contributed by atoms with Crippen LogP contribution in [0.4, 0.5) is 0 Å². The Labute approximate surface area is 329 Å². The predicted octanol–water partition coefficient (Wildman–Crippen LogP) is 15.7. The average Bonchev–Trinajstić information content (AvgIpc) is 3.58. The molecule has 0 atom stereocenters. The zero-order chi connectivity index (χ0) is 37.5. The second kappa shape index (κ2) is 11.2. The van der Waals surface area contributed by atoms with E-state index in [4.69, 9.17) is 0 Å². The van der Waals surface area contributed by atoms with Crippen LogP contribution in [0.3, 0.4) is 0 Å². The summed E-state index contributed by atoms with van der Waals surface area (Å²) in [4.78, 5) is 0. The number of aromatic nitrogens is 1. The molecule has 0 radical (unpaired) electrons. The molecule has 1 nitrogen and oxygen atoms in total. The van der Waals surface area contributed by atoms with Crippen molar-refractivity contribution in [3.8, 4) is 27.9 Å². The molecule has 264 valence electrons. The van der Waals surface area contributed by atoms with Gasteiger partial charge in [0.05, 0.1) is 11.0 Å². The van der Waals surface area contributed by atoms with E-state index in [1.165, 1.54) is 131 Å². The van der Waals surface area contributed by atoms with Crippen molar-refractivity contribution < 1.29 is 0 Å². The summed E-state index contributed by atoms with van der Waals surface area (Å²) in [7, 11) is 0. The van der Waals surface area contributed by atoms with E-state index < -0.39 is 0 Å². The lowest BCUT2D eigenvalue weighted by atomic mass is 9.89. The number of nitrogens with zero attached hydrogens (tertiary/aromatic N) is 1. The van der Waals surface area contributed by atoms with Gasteiger partial charge in [-0.05, 0) is 171 Å². The first kappa shape index (κ1) is 31.0. The van der Waals surface area contributed by atoms with E-state index >= 15 is 0 Å². The SMILES string of the molecule is Cc1cc2ccc3cc(-c4ccc5c6c7cccc(-c8cc9ccc%10cc(C)cc%11ccc(c8)c9c%10%11)c7ccc6n(-c6ccccc6)c5c4)cc4ccc(c1)c2c34. The Kier molecular flexibility index (Phi) is 6.09. The Morgan fingerprint density at radius 3 is 1.33 bits per heavy atom. The molecule has 1 heterocycles. The van der Waals surface area contributed by atoms with Crippen LogP contribution in [0.1, 0.15) is 11.1 Å². The number of fused-ring (bicyclic) bond motifs is 5. The maximum absolute atomic E-state index is 2.46. The molecule has 0 spiro atoms. The first-order valence-corrected chi connectivity index (χ1v) is 20.0. The number of hydrogen-bond donors (Lipinski definition) is 0. The molecule has 0 N–H and O–H groups in total. The van der Waals surface area contributed by atoms with E-state index in [0.29, 0.717) is 0 Å². The third-order valence-corrected chi connectivity index (χ3v) is 12.8. The molecule has 57 heavy (non-hydrogen) atoms. The van der Waals surface area contributed by atoms with Crippen LogP contribution in [-0.4, -0.2) is 4.57 Å². The van der Waals surface area contributed by atoms with Gasteiger partial charge >= 0.3 is 0 Å². The largest absolute Gasteiger partial charge is 0.309 e. The summed E-state index contributed by atoms with van der Waals surface area (Å²) in [5, 5.41) is 21.0. The first-order valence-electron chi connectivity index (χ1n) is 20.0. The van der Waals surface area contributed by atoms with Crippen LogP contribution in [0.2, 0.25) is 0 Å². The van der Waals surface area contributed by atoms with Crippen molar-refractivity contribution >= 4 is 97.2 Å². The molecule has 12 aromatic carbocycles. The first-order chi connectivity index (χ1) is 28.0. The third kappa shape index (κ3) is 4.34. The Hall–Kier alpha value is -7.22. The molecule has 0 bridgehead atoms. The van der Waals surface area contributed by atoms with Crippen molar-refractivity contribution in [1.82, 2.24) is 4.57 Å². The van der Waals surface area contributed by atoms with Crippen molar-refractivity contribution in [2.45, 2.75) is 13.8 Å². The molecule has 1 aromatic heterocycles. The Morgan fingerprint density at radius 1 is 0.298 bits per heavy atom. The van der Waals surface area contributed by atoms with E-state index in [0.717, 1.165) is 5.69 Å². The number of rotatable bonds is 3. The van der Waals surface area contributed by atoms with Gasteiger partial charge < -0.3 is 4.57 Å². The fourth-order valence-electron chi connectivity index (χ4n) is 10.5. The molecule has 0 unspecified atom stereocenters. The van der Waals surface area contributed by atoms with E-state index in [2.05, 4.69) is 194 Å². The highest BCUT2D eigenvalue weighted by Gasteiger charge is 2.19. The lowest BCUT2D eigenvalue weighted by Gasteiger charge is -2.15. The normalized spacial score (nSPS) is 12.4. The molecule has 0 aliphatic rings.